The number of esters is 1. The maximum atomic E-state index is 13.2. The second kappa shape index (κ2) is 10.7. The van der Waals surface area contributed by atoms with E-state index >= 15 is 0 Å². The number of fused-ring (bicyclic) bond motifs is 2. The van der Waals surface area contributed by atoms with Gasteiger partial charge in [0.15, 0.2) is 0 Å². The highest BCUT2D eigenvalue weighted by Gasteiger charge is 2.49. The summed E-state index contributed by atoms with van der Waals surface area (Å²) in [7, 11) is 0. The van der Waals surface area contributed by atoms with Crippen molar-refractivity contribution in [2.75, 3.05) is 6.61 Å². The van der Waals surface area contributed by atoms with E-state index in [9.17, 15) is 4.79 Å². The number of ether oxygens (including phenoxy) is 1. The molecule has 2 saturated heterocycles. The van der Waals surface area contributed by atoms with Crippen LogP contribution < -0.4 is 5.32 Å². The average molecular weight is 516 g/mol. The van der Waals surface area contributed by atoms with Crippen molar-refractivity contribution in [2.24, 2.45) is 29.6 Å². The van der Waals surface area contributed by atoms with E-state index in [-0.39, 0.29) is 11.9 Å². The van der Waals surface area contributed by atoms with E-state index in [4.69, 9.17) is 4.74 Å². The smallest absolute Gasteiger partial charge is 0.310 e. The molecule has 0 aromatic rings. The molecule has 166 valence electrons. The second-order valence-corrected chi connectivity index (χ2v) is 12.1. The molecule has 0 aromatic carbocycles. The summed E-state index contributed by atoms with van der Waals surface area (Å²) in [6, 6.07) is 1.03. The number of hydrogen-bond acceptors (Lipinski definition) is 3. The predicted molar refractivity (Wildman–Crippen MR) is 127 cm³/mol. The number of piperidine rings is 1. The van der Waals surface area contributed by atoms with Crippen LogP contribution in [0.2, 0.25) is 0 Å². The molecular weight excluding hydrogens is 473 g/mol. The fourth-order valence-electron chi connectivity index (χ4n) is 7.09. The van der Waals surface area contributed by atoms with Gasteiger partial charge in [0.05, 0.1) is 12.5 Å². The molecule has 4 heteroatoms. The van der Waals surface area contributed by atoms with Crippen LogP contribution >= 0.6 is 22.6 Å². The number of halogens is 1. The molecule has 0 amide bonds. The molecule has 2 saturated carbocycles. The molecule has 4 fully saturated rings. The first-order valence-electron chi connectivity index (χ1n) is 12.7. The number of carbonyl (C=O) groups is 1. The van der Waals surface area contributed by atoms with Gasteiger partial charge in [-0.3, -0.25) is 4.79 Å². The summed E-state index contributed by atoms with van der Waals surface area (Å²) >= 11 is 2.70. The van der Waals surface area contributed by atoms with Gasteiger partial charge in [0.1, 0.15) is 0 Å². The van der Waals surface area contributed by atoms with Gasteiger partial charge >= 0.3 is 5.97 Å². The molecule has 2 aliphatic heterocycles. The van der Waals surface area contributed by atoms with Crippen molar-refractivity contribution in [1.29, 1.82) is 0 Å². The fourth-order valence-corrected chi connectivity index (χ4v) is 8.61. The Morgan fingerprint density at radius 3 is 2.62 bits per heavy atom. The number of hydrogen-bond donors (Lipinski definition) is 1. The lowest BCUT2D eigenvalue weighted by molar-refractivity contribution is -0.154. The van der Waals surface area contributed by atoms with Gasteiger partial charge in [0, 0.05) is 16.0 Å². The van der Waals surface area contributed by atoms with E-state index in [1.54, 1.807) is 0 Å². The zero-order valence-electron chi connectivity index (χ0n) is 18.4. The summed E-state index contributed by atoms with van der Waals surface area (Å²) in [5.41, 5.74) is 0. The third-order valence-electron chi connectivity index (χ3n) is 8.80. The van der Waals surface area contributed by atoms with Crippen molar-refractivity contribution in [1.82, 2.24) is 5.32 Å². The van der Waals surface area contributed by atoms with E-state index in [0.717, 1.165) is 28.1 Å². The van der Waals surface area contributed by atoms with Crippen LogP contribution in [-0.2, 0) is 9.53 Å². The molecule has 0 radical (unpaired) electrons. The first-order valence-corrected chi connectivity index (χ1v) is 14.0. The summed E-state index contributed by atoms with van der Waals surface area (Å²) in [6.07, 6.45) is 18.3. The lowest BCUT2D eigenvalue weighted by atomic mass is 9.67. The minimum Gasteiger partial charge on any atom is -0.465 e. The topological polar surface area (TPSA) is 38.3 Å². The highest BCUT2D eigenvalue weighted by atomic mass is 127. The molecule has 2 aliphatic carbocycles. The van der Waals surface area contributed by atoms with E-state index in [2.05, 4.69) is 34.8 Å². The fraction of sp³-hybridized carbons (Fsp3) is 0.960. The van der Waals surface area contributed by atoms with Crippen molar-refractivity contribution in [3.05, 3.63) is 0 Å². The van der Waals surface area contributed by atoms with Crippen LogP contribution in [0.15, 0.2) is 0 Å². The van der Waals surface area contributed by atoms with Gasteiger partial charge in [-0.2, -0.15) is 0 Å². The number of alkyl halides is 1. The van der Waals surface area contributed by atoms with Crippen LogP contribution in [0.4, 0.5) is 0 Å². The van der Waals surface area contributed by atoms with Gasteiger partial charge in [0.25, 0.3) is 0 Å². The van der Waals surface area contributed by atoms with Crippen LogP contribution in [-0.4, -0.2) is 28.6 Å². The van der Waals surface area contributed by atoms with Gasteiger partial charge in [-0.25, -0.2) is 0 Å². The van der Waals surface area contributed by atoms with E-state index in [1.807, 2.05) is 0 Å². The molecule has 3 nitrogen and oxygen atoms in total. The van der Waals surface area contributed by atoms with Crippen molar-refractivity contribution >= 4 is 28.6 Å². The zero-order valence-corrected chi connectivity index (χ0v) is 20.6. The van der Waals surface area contributed by atoms with Gasteiger partial charge in [-0.15, -0.1) is 0 Å². The molecular formula is C25H42INO2. The third kappa shape index (κ3) is 5.51. The molecule has 4 aliphatic rings. The van der Waals surface area contributed by atoms with Crippen molar-refractivity contribution < 1.29 is 9.53 Å². The van der Waals surface area contributed by atoms with Crippen LogP contribution in [0.5, 0.6) is 0 Å². The highest BCUT2D eigenvalue weighted by Crippen LogP contribution is 2.47. The Balaban J connectivity index is 1.31. The Hall–Kier alpha value is 0.160. The minimum absolute atomic E-state index is 0.107. The molecule has 7 atom stereocenters. The Kier molecular flexibility index (Phi) is 8.21. The molecule has 2 heterocycles. The van der Waals surface area contributed by atoms with Gasteiger partial charge < -0.3 is 10.1 Å². The average Bonchev–Trinajstić information content (AvgIpc) is 3.12. The second-order valence-electron chi connectivity index (χ2n) is 10.5. The van der Waals surface area contributed by atoms with Gasteiger partial charge in [-0.05, 0) is 75.0 Å². The summed E-state index contributed by atoms with van der Waals surface area (Å²) in [5, 5.41) is 3.76. The third-order valence-corrected chi connectivity index (χ3v) is 10.3. The molecule has 0 aromatic heterocycles. The van der Waals surface area contributed by atoms with Crippen LogP contribution in [0, 0.1) is 29.6 Å². The Morgan fingerprint density at radius 1 is 1.03 bits per heavy atom. The summed E-state index contributed by atoms with van der Waals surface area (Å²) in [4.78, 5) is 13.2. The standard InChI is InChI=1S/C25H42INO2/c1-2-18-10-11-19(15-22(18)26)21-16-20-12-13-23(27-20)24(21)25(28)29-14-6-9-17-7-4-3-5-8-17/h17-24,27H,2-16H2,1H3/t18?,19?,20-,21-,22?,23?,24?/m1/s1. The van der Waals surface area contributed by atoms with Crippen LogP contribution in [0.25, 0.3) is 0 Å². The maximum Gasteiger partial charge on any atom is 0.310 e. The Bertz CT molecular complexity index is 535. The van der Waals surface area contributed by atoms with E-state index in [0.29, 0.717) is 24.6 Å². The lowest BCUT2D eigenvalue weighted by Crippen LogP contribution is -2.52. The summed E-state index contributed by atoms with van der Waals surface area (Å²) < 4.78 is 6.72. The summed E-state index contributed by atoms with van der Waals surface area (Å²) in [5.74, 6) is 3.28. The van der Waals surface area contributed by atoms with Gasteiger partial charge in [0.2, 0.25) is 0 Å². The van der Waals surface area contributed by atoms with Crippen molar-refractivity contribution in [2.45, 2.75) is 113 Å². The monoisotopic (exact) mass is 515 g/mol. The minimum atomic E-state index is 0.107. The number of nitrogens with one attached hydrogen (secondary N) is 1. The SMILES string of the molecule is CCC1CCC([C@H]2C[C@H]3CCC(N3)C2C(=O)OCCCC2CCCCC2)CC1I. The molecule has 0 spiro atoms. The van der Waals surface area contributed by atoms with Crippen molar-refractivity contribution in [3.63, 3.8) is 0 Å². The molecule has 1 N–H and O–H groups in total. The predicted octanol–water partition coefficient (Wildman–Crippen LogP) is 6.28. The maximum absolute atomic E-state index is 13.2. The van der Waals surface area contributed by atoms with Crippen LogP contribution in [0.1, 0.15) is 96.8 Å². The Labute approximate surface area is 192 Å². The summed E-state index contributed by atoms with van der Waals surface area (Å²) in [6.45, 7) is 2.99. The molecule has 4 rings (SSSR count). The molecule has 29 heavy (non-hydrogen) atoms. The lowest BCUT2D eigenvalue weighted by Gasteiger charge is -2.44. The largest absolute Gasteiger partial charge is 0.465 e. The zero-order chi connectivity index (χ0) is 20.2. The van der Waals surface area contributed by atoms with E-state index < -0.39 is 0 Å². The first kappa shape index (κ1) is 22.4. The number of carbonyl (C=O) groups excluding carboxylic acids is 1. The first-order chi connectivity index (χ1) is 14.2. The number of rotatable bonds is 7. The normalized spacial score (nSPS) is 40.7. The highest BCUT2D eigenvalue weighted by molar-refractivity contribution is 14.1. The van der Waals surface area contributed by atoms with Crippen LogP contribution in [0.3, 0.4) is 0 Å². The van der Waals surface area contributed by atoms with Crippen molar-refractivity contribution in [3.8, 4) is 0 Å². The Morgan fingerprint density at radius 2 is 1.86 bits per heavy atom. The molecule has 5 unspecified atom stereocenters. The molecule has 2 bridgehead atoms. The van der Waals surface area contributed by atoms with E-state index in [1.165, 1.54) is 83.5 Å². The quantitative estimate of drug-likeness (QED) is 0.188. The van der Waals surface area contributed by atoms with Gasteiger partial charge in [-0.1, -0.05) is 68.0 Å².